The number of nitrogens with one attached hydrogen (secondary N) is 1. The van der Waals surface area contributed by atoms with Gasteiger partial charge in [0.1, 0.15) is 17.0 Å². The van der Waals surface area contributed by atoms with Crippen molar-refractivity contribution in [2.45, 2.75) is 39.8 Å². The van der Waals surface area contributed by atoms with Crippen LogP contribution in [-0.4, -0.2) is 35.2 Å². The van der Waals surface area contributed by atoms with Crippen molar-refractivity contribution in [2.75, 3.05) is 0 Å². The first-order valence-electron chi connectivity index (χ1n) is 8.41. The molecule has 0 fully saturated rings. The number of carboxylic acid groups (broad SMARTS) is 1. The summed E-state index contributed by atoms with van der Waals surface area (Å²) in [5.74, 6) is -0.763. The number of rotatable bonds is 6. The molecule has 0 saturated heterocycles. The second-order valence-electron chi connectivity index (χ2n) is 5.91. The van der Waals surface area contributed by atoms with Crippen LogP contribution in [0, 0.1) is 0 Å². The van der Waals surface area contributed by atoms with E-state index in [1.165, 1.54) is 21.4 Å². The normalized spacial score (nSPS) is 11.2. The smallest absolute Gasteiger partial charge is 0.354 e. The molecule has 3 heterocycles. The van der Waals surface area contributed by atoms with Crippen LogP contribution in [0.2, 0.25) is 0 Å². The van der Waals surface area contributed by atoms with Gasteiger partial charge in [0.15, 0.2) is 5.65 Å². The zero-order valence-electron chi connectivity index (χ0n) is 14.5. The molecular formula is C17H19N5O4. The lowest BCUT2D eigenvalue weighted by Gasteiger charge is -2.09. The molecule has 0 aliphatic rings. The Kier molecular flexibility index (Phi) is 4.70. The summed E-state index contributed by atoms with van der Waals surface area (Å²) in [6.45, 7) is 4.62. The highest BCUT2D eigenvalue weighted by Gasteiger charge is 2.17. The van der Waals surface area contributed by atoms with Gasteiger partial charge < -0.3 is 10.1 Å². The van der Waals surface area contributed by atoms with Crippen molar-refractivity contribution in [1.82, 2.24) is 24.1 Å². The number of fused-ring (bicyclic) bond motifs is 1. The van der Waals surface area contributed by atoms with Crippen LogP contribution < -0.4 is 11.2 Å². The van der Waals surface area contributed by atoms with Crippen LogP contribution in [0.1, 0.15) is 37.2 Å². The van der Waals surface area contributed by atoms with Crippen LogP contribution in [0.4, 0.5) is 0 Å². The number of hydrogen-bond donors (Lipinski definition) is 2. The fourth-order valence-corrected chi connectivity index (χ4v) is 2.81. The maximum absolute atomic E-state index is 12.7. The molecule has 0 spiro atoms. The van der Waals surface area contributed by atoms with Crippen molar-refractivity contribution >= 4 is 17.1 Å². The number of nitrogens with zero attached hydrogens (tertiary/aromatic N) is 4. The van der Waals surface area contributed by atoms with Crippen molar-refractivity contribution in [1.29, 1.82) is 0 Å². The summed E-state index contributed by atoms with van der Waals surface area (Å²) in [5, 5.41) is 8.94. The molecule has 3 aromatic rings. The molecule has 0 atom stereocenters. The third-order valence-corrected chi connectivity index (χ3v) is 4.01. The van der Waals surface area contributed by atoms with E-state index in [2.05, 4.69) is 15.0 Å². The van der Waals surface area contributed by atoms with Gasteiger partial charge in [-0.05, 0) is 25.0 Å². The lowest BCUT2D eigenvalue weighted by molar-refractivity contribution is 0.0690. The van der Waals surface area contributed by atoms with Gasteiger partial charge in [-0.3, -0.25) is 13.9 Å². The van der Waals surface area contributed by atoms with Gasteiger partial charge >= 0.3 is 11.7 Å². The maximum Gasteiger partial charge on any atom is 0.354 e. The predicted octanol–water partition coefficient (Wildman–Crippen LogP) is 1.47. The number of pyridine rings is 1. The van der Waals surface area contributed by atoms with Crippen molar-refractivity contribution < 1.29 is 9.90 Å². The highest BCUT2D eigenvalue weighted by Crippen LogP contribution is 2.18. The van der Waals surface area contributed by atoms with E-state index in [1.54, 1.807) is 6.07 Å². The molecule has 3 rings (SSSR count). The van der Waals surface area contributed by atoms with E-state index in [1.807, 2.05) is 13.8 Å². The molecule has 9 heteroatoms. The van der Waals surface area contributed by atoms with E-state index in [0.717, 1.165) is 6.42 Å². The second kappa shape index (κ2) is 6.95. The van der Waals surface area contributed by atoms with Crippen LogP contribution >= 0.6 is 0 Å². The zero-order chi connectivity index (χ0) is 18.8. The van der Waals surface area contributed by atoms with E-state index in [-0.39, 0.29) is 16.9 Å². The third-order valence-electron chi connectivity index (χ3n) is 4.01. The molecule has 9 nitrogen and oxygen atoms in total. The molecule has 0 unspecified atom stereocenters. The first-order chi connectivity index (χ1) is 12.5. The minimum absolute atomic E-state index is 0.0851. The Morgan fingerprint density at radius 1 is 1.15 bits per heavy atom. The minimum atomic E-state index is -1.12. The largest absolute Gasteiger partial charge is 0.477 e. The summed E-state index contributed by atoms with van der Waals surface area (Å²) in [4.78, 5) is 47.5. The predicted molar refractivity (Wildman–Crippen MR) is 95.4 cm³/mol. The molecular weight excluding hydrogens is 338 g/mol. The molecule has 0 aromatic carbocycles. The Hall–Kier alpha value is -3.23. The summed E-state index contributed by atoms with van der Waals surface area (Å²) in [5.41, 5.74) is 0.216. The summed E-state index contributed by atoms with van der Waals surface area (Å²) in [7, 11) is 0. The first kappa shape index (κ1) is 17.6. The molecule has 136 valence electrons. The van der Waals surface area contributed by atoms with E-state index >= 15 is 0 Å². The molecule has 26 heavy (non-hydrogen) atoms. The molecule has 3 aromatic heterocycles. The van der Waals surface area contributed by atoms with Gasteiger partial charge in [-0.2, -0.15) is 0 Å². The Bertz CT molecular complexity index is 1080. The SMILES string of the molecule is CCCn1c(=O)c2[nH]c(-c3ccc(C(=O)O)nc3)nc2n(CCC)c1=O. The van der Waals surface area contributed by atoms with Gasteiger partial charge in [-0.1, -0.05) is 13.8 Å². The van der Waals surface area contributed by atoms with Crippen LogP contribution in [-0.2, 0) is 13.1 Å². The number of aromatic amines is 1. The lowest BCUT2D eigenvalue weighted by atomic mass is 10.2. The summed E-state index contributed by atoms with van der Waals surface area (Å²) < 4.78 is 2.71. The maximum atomic E-state index is 12.7. The molecule has 0 amide bonds. The number of carboxylic acids is 1. The van der Waals surface area contributed by atoms with Crippen molar-refractivity contribution in [3.8, 4) is 11.4 Å². The summed E-state index contributed by atoms with van der Waals surface area (Å²) in [6, 6.07) is 2.92. The van der Waals surface area contributed by atoms with Crippen molar-refractivity contribution in [3.05, 3.63) is 44.9 Å². The Labute approximate surface area is 148 Å². The van der Waals surface area contributed by atoms with E-state index < -0.39 is 11.5 Å². The van der Waals surface area contributed by atoms with Gasteiger partial charge in [0, 0.05) is 24.8 Å². The average molecular weight is 357 g/mol. The monoisotopic (exact) mass is 357 g/mol. The first-order valence-corrected chi connectivity index (χ1v) is 8.41. The fraction of sp³-hybridized carbons (Fsp3) is 0.353. The molecule has 0 radical (unpaired) electrons. The number of aryl methyl sites for hydroxylation is 1. The summed E-state index contributed by atoms with van der Waals surface area (Å²) >= 11 is 0. The Morgan fingerprint density at radius 3 is 2.42 bits per heavy atom. The van der Waals surface area contributed by atoms with E-state index in [0.29, 0.717) is 36.5 Å². The summed E-state index contributed by atoms with van der Waals surface area (Å²) in [6.07, 6.45) is 2.75. The van der Waals surface area contributed by atoms with Gasteiger partial charge in [0.25, 0.3) is 5.56 Å². The fourth-order valence-electron chi connectivity index (χ4n) is 2.81. The lowest BCUT2D eigenvalue weighted by Crippen LogP contribution is -2.40. The highest BCUT2D eigenvalue weighted by atomic mass is 16.4. The van der Waals surface area contributed by atoms with Gasteiger partial charge in [-0.25, -0.2) is 19.6 Å². The number of aromatic carboxylic acids is 1. The molecule has 0 aliphatic carbocycles. The number of hydrogen-bond acceptors (Lipinski definition) is 5. The van der Waals surface area contributed by atoms with Crippen LogP contribution in [0.15, 0.2) is 27.9 Å². The van der Waals surface area contributed by atoms with E-state index in [9.17, 15) is 14.4 Å². The quantitative estimate of drug-likeness (QED) is 0.688. The van der Waals surface area contributed by atoms with Gasteiger partial charge in [-0.15, -0.1) is 0 Å². The number of carbonyl (C=O) groups is 1. The minimum Gasteiger partial charge on any atom is -0.477 e. The topological polar surface area (TPSA) is 123 Å². The van der Waals surface area contributed by atoms with Crippen LogP contribution in [0.3, 0.4) is 0 Å². The second-order valence-corrected chi connectivity index (χ2v) is 5.91. The highest BCUT2D eigenvalue weighted by molar-refractivity contribution is 5.85. The van der Waals surface area contributed by atoms with E-state index in [4.69, 9.17) is 5.11 Å². The van der Waals surface area contributed by atoms with Gasteiger partial charge in [0.2, 0.25) is 0 Å². The molecule has 2 N–H and O–H groups in total. The van der Waals surface area contributed by atoms with Crippen LogP contribution in [0.25, 0.3) is 22.6 Å². The number of imidazole rings is 1. The van der Waals surface area contributed by atoms with Crippen molar-refractivity contribution in [3.63, 3.8) is 0 Å². The molecule has 0 saturated carbocycles. The zero-order valence-corrected chi connectivity index (χ0v) is 14.5. The van der Waals surface area contributed by atoms with Gasteiger partial charge in [0.05, 0.1) is 0 Å². The Balaban J connectivity index is 2.22. The Morgan fingerprint density at radius 2 is 1.85 bits per heavy atom. The molecule has 0 aliphatic heterocycles. The number of H-pyrrole nitrogens is 1. The number of aromatic nitrogens is 5. The molecule has 0 bridgehead atoms. The van der Waals surface area contributed by atoms with Crippen LogP contribution in [0.5, 0.6) is 0 Å². The van der Waals surface area contributed by atoms with Crippen molar-refractivity contribution in [2.24, 2.45) is 0 Å². The standard InChI is InChI=1S/C17H19N5O4/c1-3-7-21-14-12(15(23)22(8-4-2)17(21)26)19-13(20-14)10-5-6-11(16(24)25)18-9-10/h5-6,9H,3-4,7-8H2,1-2H3,(H,19,20)(H,24,25). The third kappa shape index (κ3) is 2.92. The average Bonchev–Trinajstić information content (AvgIpc) is 3.08.